The van der Waals surface area contributed by atoms with Crippen molar-refractivity contribution in [2.24, 2.45) is 11.7 Å². The first-order valence-corrected chi connectivity index (χ1v) is 7.53. The minimum absolute atomic E-state index is 0.183. The maximum Gasteiger partial charge on any atom is 0.178 e. The van der Waals surface area contributed by atoms with E-state index >= 15 is 0 Å². The van der Waals surface area contributed by atoms with Crippen molar-refractivity contribution >= 4 is 5.65 Å². The normalized spacial score (nSPS) is 13.0. The Bertz CT molecular complexity index is 819. The molecule has 5 nitrogen and oxygen atoms in total. The molecule has 2 heterocycles. The lowest BCUT2D eigenvalue weighted by Crippen LogP contribution is -2.20. The number of benzene rings is 1. The summed E-state index contributed by atoms with van der Waals surface area (Å²) in [6.07, 6.45) is 0. The van der Waals surface area contributed by atoms with E-state index in [1.54, 1.807) is 4.52 Å². The molecule has 0 radical (unpaired) electrons. The lowest BCUT2D eigenvalue weighted by molar-refractivity contribution is 0.480. The van der Waals surface area contributed by atoms with Gasteiger partial charge >= 0.3 is 0 Å². The van der Waals surface area contributed by atoms with Crippen LogP contribution >= 0.6 is 0 Å². The molecule has 5 heteroatoms. The molecule has 0 aliphatic carbocycles. The highest BCUT2D eigenvalue weighted by molar-refractivity contribution is 5.61. The third-order valence-electron chi connectivity index (χ3n) is 4.11. The minimum Gasteiger partial charge on any atom is -0.321 e. The van der Waals surface area contributed by atoms with Crippen molar-refractivity contribution in [1.29, 1.82) is 0 Å². The van der Waals surface area contributed by atoms with E-state index in [-0.39, 0.29) is 12.0 Å². The second-order valence-electron chi connectivity index (χ2n) is 6.12. The number of aromatic nitrogens is 4. The average Bonchev–Trinajstić information content (AvgIpc) is 2.92. The van der Waals surface area contributed by atoms with E-state index in [1.165, 1.54) is 11.1 Å². The van der Waals surface area contributed by atoms with Gasteiger partial charge in [-0.05, 0) is 49.1 Å². The van der Waals surface area contributed by atoms with E-state index in [4.69, 9.17) is 10.8 Å². The maximum absolute atomic E-state index is 6.22. The summed E-state index contributed by atoms with van der Waals surface area (Å²) in [5, 5.41) is 13.1. The first kappa shape index (κ1) is 14.7. The molecule has 0 saturated heterocycles. The molecule has 0 amide bonds. The highest BCUT2D eigenvalue weighted by Gasteiger charge is 2.18. The molecular formula is C17H21N5. The van der Waals surface area contributed by atoms with Crippen molar-refractivity contribution in [3.63, 3.8) is 0 Å². The molecule has 22 heavy (non-hydrogen) atoms. The monoisotopic (exact) mass is 295 g/mol. The Morgan fingerprint density at radius 3 is 2.45 bits per heavy atom. The van der Waals surface area contributed by atoms with Crippen LogP contribution in [0.5, 0.6) is 0 Å². The van der Waals surface area contributed by atoms with Gasteiger partial charge in [0.05, 0.1) is 11.7 Å². The smallest absolute Gasteiger partial charge is 0.178 e. The Labute approximate surface area is 130 Å². The summed E-state index contributed by atoms with van der Waals surface area (Å²) < 4.78 is 1.76. The second kappa shape index (κ2) is 5.50. The molecule has 3 aromatic rings. The largest absolute Gasteiger partial charge is 0.321 e. The molecule has 0 spiro atoms. The zero-order chi connectivity index (χ0) is 15.9. The van der Waals surface area contributed by atoms with E-state index in [1.807, 2.05) is 12.1 Å². The van der Waals surface area contributed by atoms with Gasteiger partial charge in [-0.25, -0.2) is 0 Å². The Morgan fingerprint density at radius 2 is 1.77 bits per heavy atom. The van der Waals surface area contributed by atoms with Gasteiger partial charge in [0.25, 0.3) is 0 Å². The predicted octanol–water partition coefficient (Wildman–Crippen LogP) is 3.06. The number of rotatable bonds is 3. The molecule has 114 valence electrons. The average molecular weight is 295 g/mol. The van der Waals surface area contributed by atoms with Crippen LogP contribution < -0.4 is 5.73 Å². The SMILES string of the molecule is Cc1ccc(-c2ccc3nnc([C@@H](N)C(C)C)n3n2)cc1C. The zero-order valence-corrected chi connectivity index (χ0v) is 13.4. The van der Waals surface area contributed by atoms with E-state index in [0.29, 0.717) is 5.82 Å². The van der Waals surface area contributed by atoms with Crippen molar-refractivity contribution in [1.82, 2.24) is 19.8 Å². The van der Waals surface area contributed by atoms with Crippen LogP contribution in [0.25, 0.3) is 16.9 Å². The first-order valence-electron chi connectivity index (χ1n) is 7.53. The fourth-order valence-corrected chi connectivity index (χ4v) is 2.37. The zero-order valence-electron chi connectivity index (χ0n) is 13.4. The number of fused-ring (bicyclic) bond motifs is 1. The van der Waals surface area contributed by atoms with Crippen molar-refractivity contribution in [3.8, 4) is 11.3 Å². The van der Waals surface area contributed by atoms with Gasteiger partial charge in [0.1, 0.15) is 0 Å². The second-order valence-corrected chi connectivity index (χ2v) is 6.12. The lowest BCUT2D eigenvalue weighted by Gasteiger charge is -2.13. The Kier molecular flexibility index (Phi) is 3.66. The summed E-state index contributed by atoms with van der Waals surface area (Å²) >= 11 is 0. The number of aryl methyl sites for hydroxylation is 2. The van der Waals surface area contributed by atoms with Crippen molar-refractivity contribution in [2.45, 2.75) is 33.7 Å². The summed E-state index contributed by atoms with van der Waals surface area (Å²) in [6, 6.07) is 10.1. The Balaban J connectivity index is 2.12. The molecule has 1 aromatic carbocycles. The van der Waals surface area contributed by atoms with Gasteiger partial charge in [-0.2, -0.15) is 9.61 Å². The molecule has 1 atom stereocenters. The third-order valence-corrected chi connectivity index (χ3v) is 4.11. The molecule has 0 unspecified atom stereocenters. The van der Waals surface area contributed by atoms with Crippen LogP contribution in [0.3, 0.4) is 0 Å². The molecule has 2 aromatic heterocycles. The van der Waals surface area contributed by atoms with E-state index in [2.05, 4.69) is 56.1 Å². The summed E-state index contributed by atoms with van der Waals surface area (Å²) in [5.41, 5.74) is 11.4. The van der Waals surface area contributed by atoms with Gasteiger partial charge in [0.2, 0.25) is 0 Å². The van der Waals surface area contributed by atoms with Gasteiger partial charge in [-0.3, -0.25) is 0 Å². The van der Waals surface area contributed by atoms with Crippen LogP contribution in [0.4, 0.5) is 0 Å². The van der Waals surface area contributed by atoms with Crippen molar-refractivity contribution < 1.29 is 0 Å². The molecule has 0 saturated carbocycles. The molecule has 0 aliphatic rings. The van der Waals surface area contributed by atoms with Crippen LogP contribution in [-0.2, 0) is 0 Å². The van der Waals surface area contributed by atoms with Crippen LogP contribution in [0, 0.1) is 19.8 Å². The summed E-state index contributed by atoms with van der Waals surface area (Å²) in [7, 11) is 0. The fraction of sp³-hybridized carbons (Fsp3) is 0.353. The standard InChI is InChI=1S/C17H21N5/c1-10(2)16(18)17-20-19-15-8-7-14(21-22(15)17)13-6-5-11(3)12(4)9-13/h5-10,16H,18H2,1-4H3/t16-/m0/s1. The van der Waals surface area contributed by atoms with Gasteiger partial charge in [-0.15, -0.1) is 10.2 Å². The van der Waals surface area contributed by atoms with Crippen LogP contribution in [-0.4, -0.2) is 19.8 Å². The number of nitrogens with zero attached hydrogens (tertiary/aromatic N) is 4. The van der Waals surface area contributed by atoms with Gasteiger partial charge < -0.3 is 5.73 Å². The maximum atomic E-state index is 6.22. The highest BCUT2D eigenvalue weighted by Crippen LogP contribution is 2.22. The van der Waals surface area contributed by atoms with Crippen LogP contribution in [0.15, 0.2) is 30.3 Å². The highest BCUT2D eigenvalue weighted by atomic mass is 15.4. The van der Waals surface area contributed by atoms with E-state index in [0.717, 1.165) is 16.9 Å². The molecule has 0 aliphatic heterocycles. The topological polar surface area (TPSA) is 69.1 Å². The number of nitrogens with two attached hydrogens (primary N) is 1. The first-order chi connectivity index (χ1) is 10.5. The molecular weight excluding hydrogens is 274 g/mol. The van der Waals surface area contributed by atoms with Crippen LogP contribution in [0.1, 0.15) is 36.8 Å². The lowest BCUT2D eigenvalue weighted by atomic mass is 10.0. The Hall–Kier alpha value is -2.27. The fourth-order valence-electron chi connectivity index (χ4n) is 2.37. The van der Waals surface area contributed by atoms with Gasteiger partial charge in [0.15, 0.2) is 11.5 Å². The summed E-state index contributed by atoms with van der Waals surface area (Å²) in [5.74, 6) is 0.982. The quantitative estimate of drug-likeness (QED) is 0.806. The molecule has 2 N–H and O–H groups in total. The van der Waals surface area contributed by atoms with Gasteiger partial charge in [-0.1, -0.05) is 26.0 Å². The van der Waals surface area contributed by atoms with Gasteiger partial charge in [0, 0.05) is 5.56 Å². The Morgan fingerprint density at radius 1 is 1.00 bits per heavy atom. The van der Waals surface area contributed by atoms with E-state index in [9.17, 15) is 0 Å². The third kappa shape index (κ3) is 2.48. The minimum atomic E-state index is -0.183. The molecule has 0 fully saturated rings. The van der Waals surface area contributed by atoms with Crippen molar-refractivity contribution in [2.75, 3.05) is 0 Å². The molecule has 0 bridgehead atoms. The van der Waals surface area contributed by atoms with E-state index < -0.39 is 0 Å². The molecule has 3 rings (SSSR count). The van der Waals surface area contributed by atoms with Crippen LogP contribution in [0.2, 0.25) is 0 Å². The number of hydrogen-bond acceptors (Lipinski definition) is 4. The summed E-state index contributed by atoms with van der Waals surface area (Å²) in [4.78, 5) is 0. The number of hydrogen-bond donors (Lipinski definition) is 1. The van der Waals surface area contributed by atoms with Crippen molar-refractivity contribution in [3.05, 3.63) is 47.3 Å². The summed E-state index contributed by atoms with van der Waals surface area (Å²) in [6.45, 7) is 8.35. The predicted molar refractivity (Wildman–Crippen MR) is 87.5 cm³/mol.